The van der Waals surface area contributed by atoms with E-state index in [4.69, 9.17) is 16.4 Å². The van der Waals surface area contributed by atoms with Crippen LogP contribution in [0.2, 0.25) is 5.02 Å². The smallest absolute Gasteiger partial charge is 0.372 e. The Labute approximate surface area is 249 Å². The van der Waals surface area contributed by atoms with Crippen molar-refractivity contribution in [1.82, 2.24) is 10.3 Å². The number of benzene rings is 2. The van der Waals surface area contributed by atoms with Crippen molar-refractivity contribution in [2.75, 3.05) is 7.05 Å². The van der Waals surface area contributed by atoms with Gasteiger partial charge in [-0.25, -0.2) is 0 Å². The van der Waals surface area contributed by atoms with Crippen molar-refractivity contribution in [3.8, 4) is 12.8 Å². The van der Waals surface area contributed by atoms with Crippen molar-refractivity contribution in [2.45, 2.75) is 64.8 Å². The van der Waals surface area contributed by atoms with Crippen molar-refractivity contribution < 1.29 is 31.1 Å². The van der Waals surface area contributed by atoms with Crippen LogP contribution in [-0.2, 0) is 36.4 Å². The molecule has 1 amide bonds. The van der Waals surface area contributed by atoms with Crippen LogP contribution < -0.4 is 11.1 Å². The summed E-state index contributed by atoms with van der Waals surface area (Å²) in [4.78, 5) is 12.5. The predicted molar refractivity (Wildman–Crippen MR) is 158 cm³/mol. The number of hydrogen-bond donors (Lipinski definition) is 2. The van der Waals surface area contributed by atoms with Gasteiger partial charge >= 0.3 is 12.4 Å². The molecule has 0 aliphatic carbocycles. The zero-order chi connectivity index (χ0) is 32.8. The summed E-state index contributed by atoms with van der Waals surface area (Å²) in [5, 5.41) is 3.39. The third-order valence-corrected chi connectivity index (χ3v) is 5.36. The lowest BCUT2D eigenvalue weighted by Crippen LogP contribution is -2.15. The summed E-state index contributed by atoms with van der Waals surface area (Å²) in [7, 11) is 1.95. The van der Waals surface area contributed by atoms with Crippen molar-refractivity contribution in [2.24, 2.45) is 5.73 Å². The van der Waals surface area contributed by atoms with E-state index >= 15 is 0 Å². The zero-order valence-corrected chi connectivity index (χ0v) is 24.8. The number of terminal acetylenes is 1. The Kier molecular flexibility index (Phi) is 21.4. The Balaban J connectivity index is 0. The molecule has 0 unspecified atom stereocenters. The molecule has 0 aliphatic rings. The monoisotopic (exact) mass is 617 g/mol. The van der Waals surface area contributed by atoms with Gasteiger partial charge in [-0.2, -0.15) is 26.3 Å². The second kappa shape index (κ2) is 22.1. The van der Waals surface area contributed by atoms with Crippen molar-refractivity contribution in [3.63, 3.8) is 0 Å². The van der Waals surface area contributed by atoms with Gasteiger partial charge in [-0.1, -0.05) is 69.1 Å². The Morgan fingerprint density at radius 3 is 1.88 bits per heavy atom. The maximum atomic E-state index is 12.9. The van der Waals surface area contributed by atoms with Gasteiger partial charge in [0, 0.05) is 17.9 Å². The quantitative estimate of drug-likeness (QED) is 0.167. The average molecular weight is 618 g/mol. The van der Waals surface area contributed by atoms with Crippen LogP contribution in [0.15, 0.2) is 66.9 Å². The molecule has 232 valence electrons. The number of carbonyl (C=O) groups excluding carboxylic acids is 1. The fourth-order valence-corrected chi connectivity index (χ4v) is 3.12. The molecule has 0 saturated heterocycles. The Morgan fingerprint density at radius 2 is 1.48 bits per heavy atom. The molecular weight excluding hydrogens is 580 g/mol. The topological polar surface area (TPSA) is 68.0 Å². The first kappa shape index (κ1) is 40.6. The van der Waals surface area contributed by atoms with Crippen LogP contribution in [0.1, 0.15) is 55.1 Å². The summed E-state index contributed by atoms with van der Waals surface area (Å²) in [6.45, 7) is 6.42. The lowest BCUT2D eigenvalue weighted by molar-refractivity contribution is -0.141. The Bertz CT molecular complexity index is 1130. The number of nitrogens with two attached hydrogens (primary N) is 1. The molecule has 4 nitrogen and oxygen atoms in total. The highest BCUT2D eigenvalue weighted by molar-refractivity contribution is 6.30. The molecule has 3 N–H and O–H groups in total. The first-order chi connectivity index (χ1) is 19.7. The molecule has 1 heterocycles. The molecule has 3 rings (SSSR count). The van der Waals surface area contributed by atoms with Gasteiger partial charge in [0.15, 0.2) is 0 Å². The van der Waals surface area contributed by atoms with Crippen molar-refractivity contribution in [3.05, 3.63) is 99.8 Å². The number of rotatable bonds is 6. The minimum Gasteiger partial charge on any atom is -0.372 e. The summed E-state index contributed by atoms with van der Waals surface area (Å²) in [6, 6.07) is 15.7. The van der Waals surface area contributed by atoms with E-state index in [0.717, 1.165) is 0 Å². The number of aromatic nitrogens is 1. The first-order valence-electron chi connectivity index (χ1n) is 12.8. The van der Waals surface area contributed by atoms with E-state index < -0.39 is 29.0 Å². The number of amides is 1. The number of carbonyl (C=O) groups is 1. The lowest BCUT2D eigenvalue weighted by Gasteiger charge is -2.15. The molecular formula is C31H38ClF6N3O. The maximum absolute atomic E-state index is 12.9. The van der Waals surface area contributed by atoms with E-state index in [9.17, 15) is 26.3 Å². The van der Waals surface area contributed by atoms with E-state index in [-0.39, 0.29) is 19.3 Å². The normalized spacial score (nSPS) is 10.3. The Morgan fingerprint density at radius 1 is 0.929 bits per heavy atom. The van der Waals surface area contributed by atoms with E-state index in [2.05, 4.69) is 80.0 Å². The Hall–Kier alpha value is -3.55. The summed E-state index contributed by atoms with van der Waals surface area (Å²) in [5.41, 5.74) is 3.47. The molecule has 2 aromatic carbocycles. The number of nitrogens with zero attached hydrogens (tertiary/aromatic N) is 1. The van der Waals surface area contributed by atoms with Crippen molar-refractivity contribution in [1.29, 1.82) is 0 Å². The van der Waals surface area contributed by atoms with Gasteiger partial charge in [-0.15, -0.1) is 12.8 Å². The molecule has 1 aromatic heterocycles. The van der Waals surface area contributed by atoms with Gasteiger partial charge in [-0.05, 0) is 67.8 Å². The summed E-state index contributed by atoms with van der Waals surface area (Å²) >= 11 is 5.65. The highest BCUT2D eigenvalue weighted by Crippen LogP contribution is 2.37. The van der Waals surface area contributed by atoms with Crippen LogP contribution in [0.25, 0.3) is 0 Å². The maximum Gasteiger partial charge on any atom is 0.416 e. The van der Waals surface area contributed by atoms with Crippen molar-refractivity contribution >= 4 is 18.0 Å². The number of primary amides is 1. The highest BCUT2D eigenvalue weighted by atomic mass is 35.5. The third-order valence-electron chi connectivity index (χ3n) is 5.14. The standard InChI is InChI=1S/C15H10ClF6N.C9H12.C4H11N.C2H2.CH3NO/c16-11-3-5-12(23-8-11)4-1-9-7-10(14(17,18)19)2-6-13(9)15(20,21)22;1-2-6-9-7-4-3-5-8-9;1-4(2)5-3;1-2;2-1-3/h2-3,5-8H,1,4H2;3-5,7-8H,2,6H2,1H3;4-5H,1-3H3;1-2H;1H,(H2,2,3). The van der Waals surface area contributed by atoms with Gasteiger partial charge in [0.1, 0.15) is 0 Å². The molecule has 0 fully saturated rings. The van der Waals surface area contributed by atoms with Crippen LogP contribution in [0, 0.1) is 12.8 Å². The van der Waals surface area contributed by atoms with E-state index in [1.165, 1.54) is 36.7 Å². The SMILES string of the molecule is C#C.CCCc1ccccc1.CNC(C)C.FC(F)(F)c1ccc(C(F)(F)F)c(CCc2ccc(Cl)cn2)c1.NC=O. The summed E-state index contributed by atoms with van der Waals surface area (Å²) in [5.74, 6) is 0. The molecule has 0 radical (unpaired) electrons. The molecule has 0 spiro atoms. The van der Waals surface area contributed by atoms with Crippen LogP contribution in [-0.4, -0.2) is 24.5 Å². The largest absolute Gasteiger partial charge is 0.416 e. The van der Waals surface area contributed by atoms with Gasteiger partial charge in [-0.3, -0.25) is 9.78 Å². The molecule has 0 saturated carbocycles. The first-order valence-corrected chi connectivity index (χ1v) is 13.1. The minimum atomic E-state index is -4.72. The molecule has 0 aliphatic heterocycles. The second-order valence-corrected chi connectivity index (χ2v) is 9.09. The number of hydrogen-bond acceptors (Lipinski definition) is 3. The number of halogens is 7. The summed E-state index contributed by atoms with van der Waals surface area (Å²) in [6.07, 6.45) is 2.47. The number of aryl methyl sites for hydroxylation is 3. The fourth-order valence-electron chi connectivity index (χ4n) is 3.00. The van der Waals surface area contributed by atoms with Crippen LogP contribution >= 0.6 is 11.6 Å². The van der Waals surface area contributed by atoms with E-state index in [1.54, 1.807) is 0 Å². The van der Waals surface area contributed by atoms with E-state index in [0.29, 0.717) is 35.0 Å². The lowest BCUT2D eigenvalue weighted by atomic mass is 9.98. The van der Waals surface area contributed by atoms with Gasteiger partial charge in [0.2, 0.25) is 6.41 Å². The number of nitrogens with one attached hydrogen (secondary N) is 1. The van der Waals surface area contributed by atoms with Gasteiger partial charge in [0.05, 0.1) is 16.1 Å². The van der Waals surface area contributed by atoms with Crippen LogP contribution in [0.4, 0.5) is 26.3 Å². The zero-order valence-electron chi connectivity index (χ0n) is 24.1. The number of alkyl halides is 6. The minimum absolute atomic E-state index is 0.0710. The average Bonchev–Trinajstić information content (AvgIpc) is 2.94. The summed E-state index contributed by atoms with van der Waals surface area (Å²) < 4.78 is 76.9. The molecule has 11 heteroatoms. The molecule has 0 atom stereocenters. The molecule has 3 aromatic rings. The fraction of sp³-hybridized carbons (Fsp3) is 0.355. The highest BCUT2D eigenvalue weighted by Gasteiger charge is 2.36. The second-order valence-electron chi connectivity index (χ2n) is 8.65. The van der Waals surface area contributed by atoms with E-state index in [1.807, 2.05) is 7.05 Å². The van der Waals surface area contributed by atoms with Gasteiger partial charge < -0.3 is 11.1 Å². The molecule has 42 heavy (non-hydrogen) atoms. The van der Waals surface area contributed by atoms with Gasteiger partial charge in [0.25, 0.3) is 0 Å². The third kappa shape index (κ3) is 18.7. The predicted octanol–water partition coefficient (Wildman–Crippen LogP) is 8.16. The van der Waals surface area contributed by atoms with Crippen LogP contribution in [0.5, 0.6) is 0 Å². The van der Waals surface area contributed by atoms with Crippen LogP contribution in [0.3, 0.4) is 0 Å². The number of pyridine rings is 1. The molecule has 0 bridgehead atoms.